The Morgan fingerprint density at radius 1 is 0.810 bits per heavy atom. The van der Waals surface area contributed by atoms with E-state index in [2.05, 4.69) is 36.6 Å². The van der Waals surface area contributed by atoms with E-state index >= 15 is 0 Å². The topological polar surface area (TPSA) is 35.1 Å². The number of imidazole rings is 2. The molecule has 0 spiro atoms. The van der Waals surface area contributed by atoms with Crippen molar-refractivity contribution in [2.45, 2.75) is 20.8 Å². The molecule has 0 unspecified atom stereocenters. The van der Waals surface area contributed by atoms with Gasteiger partial charge in [-0.15, -0.1) is 0 Å². The highest BCUT2D eigenvalue weighted by atomic mass is 15.2. The molecule has 0 atom stereocenters. The molecule has 0 saturated carbocycles. The lowest BCUT2D eigenvalue weighted by molar-refractivity contribution is 0.962. The fourth-order valence-electron chi connectivity index (χ4n) is 3.01. The van der Waals surface area contributed by atoms with Gasteiger partial charge >= 0.3 is 0 Å². The summed E-state index contributed by atoms with van der Waals surface area (Å²) in [6.07, 6.45) is 2.01. The number of pyridine rings is 1. The molecule has 0 N–H and O–H groups in total. The smallest absolute Gasteiger partial charge is 0.184 e. The van der Waals surface area contributed by atoms with Crippen LogP contribution in [0.5, 0.6) is 0 Å². The van der Waals surface area contributed by atoms with Crippen LogP contribution in [0.3, 0.4) is 0 Å². The molecule has 3 heterocycles. The summed E-state index contributed by atoms with van der Waals surface area (Å²) in [4.78, 5) is 9.48. The van der Waals surface area contributed by atoms with Crippen LogP contribution >= 0.6 is 0 Å². The molecule has 4 heteroatoms. The van der Waals surface area contributed by atoms with Gasteiger partial charge in [0.2, 0.25) is 0 Å². The van der Waals surface area contributed by atoms with Gasteiger partial charge in [-0.1, -0.05) is 24.3 Å². The first-order chi connectivity index (χ1) is 10.2. The fraction of sp³-hybridized carbons (Fsp3) is 0.176. The average molecular weight is 276 g/mol. The summed E-state index contributed by atoms with van der Waals surface area (Å²) >= 11 is 0. The van der Waals surface area contributed by atoms with Crippen LogP contribution < -0.4 is 0 Å². The van der Waals surface area contributed by atoms with Crippen LogP contribution in [-0.2, 0) is 0 Å². The van der Waals surface area contributed by atoms with Crippen molar-refractivity contribution in [2.75, 3.05) is 0 Å². The van der Waals surface area contributed by atoms with Crippen molar-refractivity contribution < 1.29 is 0 Å². The Morgan fingerprint density at radius 3 is 2.33 bits per heavy atom. The third-order valence-electron chi connectivity index (χ3n) is 3.95. The van der Waals surface area contributed by atoms with Gasteiger partial charge in [-0.05, 0) is 44.0 Å². The number of aryl methyl sites for hydroxylation is 3. The molecule has 4 aromatic rings. The summed E-state index contributed by atoms with van der Waals surface area (Å²) < 4.78 is 4.19. The van der Waals surface area contributed by atoms with Gasteiger partial charge in [-0.25, -0.2) is 9.97 Å². The minimum atomic E-state index is 0.908. The summed E-state index contributed by atoms with van der Waals surface area (Å²) in [5, 5.41) is 0. The lowest BCUT2D eigenvalue weighted by Gasteiger charge is -2.12. The monoisotopic (exact) mass is 276 g/mol. The van der Waals surface area contributed by atoms with Gasteiger partial charge in [0.15, 0.2) is 11.3 Å². The Kier molecular flexibility index (Phi) is 2.42. The first-order valence-corrected chi connectivity index (χ1v) is 7.05. The van der Waals surface area contributed by atoms with Crippen molar-refractivity contribution in [1.82, 2.24) is 18.9 Å². The molecule has 0 aliphatic rings. The van der Waals surface area contributed by atoms with Gasteiger partial charge < -0.3 is 0 Å². The van der Waals surface area contributed by atoms with E-state index in [1.54, 1.807) is 0 Å². The quantitative estimate of drug-likeness (QED) is 0.532. The van der Waals surface area contributed by atoms with Crippen LogP contribution in [0.4, 0.5) is 0 Å². The zero-order valence-corrected chi connectivity index (χ0v) is 12.3. The summed E-state index contributed by atoms with van der Waals surface area (Å²) in [5.74, 6) is 0.961. The van der Waals surface area contributed by atoms with Crippen LogP contribution in [0, 0.1) is 20.8 Å². The number of rotatable bonds is 1. The van der Waals surface area contributed by atoms with Gasteiger partial charge in [-0.2, -0.15) is 0 Å². The third-order valence-corrected chi connectivity index (χ3v) is 3.95. The second-order valence-corrected chi connectivity index (χ2v) is 5.42. The van der Waals surface area contributed by atoms with Crippen LogP contribution in [0.1, 0.15) is 17.0 Å². The van der Waals surface area contributed by atoms with Crippen LogP contribution in [-0.4, -0.2) is 18.9 Å². The first-order valence-electron chi connectivity index (χ1n) is 7.05. The summed E-state index contributed by atoms with van der Waals surface area (Å²) in [7, 11) is 0. The Hall–Kier alpha value is -2.62. The van der Waals surface area contributed by atoms with E-state index in [1.165, 1.54) is 16.8 Å². The number of aromatic nitrogens is 4. The molecule has 0 aliphatic carbocycles. The maximum absolute atomic E-state index is 4.76. The van der Waals surface area contributed by atoms with E-state index in [4.69, 9.17) is 9.97 Å². The number of nitrogens with zero attached hydrogens (tertiary/aromatic N) is 4. The average Bonchev–Trinajstić information content (AvgIpc) is 2.95. The van der Waals surface area contributed by atoms with Crippen LogP contribution in [0.25, 0.3) is 22.6 Å². The molecule has 0 fully saturated rings. The van der Waals surface area contributed by atoms with E-state index in [9.17, 15) is 0 Å². The summed E-state index contributed by atoms with van der Waals surface area (Å²) in [5.41, 5.74) is 6.39. The van der Waals surface area contributed by atoms with Gasteiger partial charge in [0, 0.05) is 6.20 Å². The molecule has 0 bridgehead atoms. The predicted octanol–water partition coefficient (Wildman–Crippen LogP) is 3.60. The zero-order chi connectivity index (χ0) is 14.6. The molecule has 104 valence electrons. The van der Waals surface area contributed by atoms with E-state index in [-0.39, 0.29) is 0 Å². The predicted molar refractivity (Wildman–Crippen MR) is 84.0 cm³/mol. The zero-order valence-electron chi connectivity index (χ0n) is 12.3. The van der Waals surface area contributed by atoms with Gasteiger partial charge in [0.25, 0.3) is 0 Å². The van der Waals surface area contributed by atoms with Crippen molar-refractivity contribution >= 4 is 16.9 Å². The van der Waals surface area contributed by atoms with Crippen LogP contribution in [0.2, 0.25) is 0 Å². The van der Waals surface area contributed by atoms with Gasteiger partial charge in [0.1, 0.15) is 11.5 Å². The Labute approximate surface area is 122 Å². The molecule has 0 radical (unpaired) electrons. The maximum atomic E-state index is 4.76. The minimum Gasteiger partial charge on any atom is -0.283 e. The van der Waals surface area contributed by atoms with Gasteiger partial charge in [-0.3, -0.25) is 8.97 Å². The fourth-order valence-corrected chi connectivity index (χ4v) is 3.01. The number of benzene rings is 1. The Morgan fingerprint density at radius 2 is 1.57 bits per heavy atom. The molecule has 0 amide bonds. The second-order valence-electron chi connectivity index (χ2n) is 5.42. The molecule has 0 saturated heterocycles. The molecule has 21 heavy (non-hydrogen) atoms. The molecular weight excluding hydrogens is 260 g/mol. The number of hydrogen-bond acceptors (Lipinski definition) is 2. The largest absolute Gasteiger partial charge is 0.283 e. The van der Waals surface area contributed by atoms with Crippen molar-refractivity contribution in [3.63, 3.8) is 0 Å². The molecular formula is C17H16N4. The highest BCUT2D eigenvalue weighted by Gasteiger charge is 2.17. The Balaban J connectivity index is 2.16. The highest BCUT2D eigenvalue weighted by molar-refractivity contribution is 5.77. The highest BCUT2D eigenvalue weighted by Crippen LogP contribution is 2.26. The normalized spacial score (nSPS) is 11.6. The standard InChI is InChI=1S/C17H16N4/c1-11-7-6-8-12(2)15(11)21-13(3)18-16-17(21)19-14-9-4-5-10-20(14)16/h4-10H,1-3H3. The maximum Gasteiger partial charge on any atom is 0.184 e. The first kappa shape index (κ1) is 12.1. The van der Waals surface area contributed by atoms with Crippen molar-refractivity contribution in [3.05, 3.63) is 59.5 Å². The second kappa shape index (κ2) is 4.19. The summed E-state index contributed by atoms with van der Waals surface area (Å²) in [6, 6.07) is 12.3. The molecule has 1 aromatic carbocycles. The van der Waals surface area contributed by atoms with Crippen molar-refractivity contribution in [2.24, 2.45) is 0 Å². The molecule has 3 aromatic heterocycles. The van der Waals surface area contributed by atoms with Gasteiger partial charge in [0.05, 0.1) is 5.69 Å². The molecule has 0 aliphatic heterocycles. The van der Waals surface area contributed by atoms with E-state index in [0.29, 0.717) is 0 Å². The molecule has 4 rings (SSSR count). The molecule has 4 nitrogen and oxygen atoms in total. The SMILES string of the molecule is Cc1cccc(C)c1-n1c(C)nc2c1nc1ccccn12. The van der Waals surface area contributed by atoms with E-state index in [0.717, 1.165) is 22.8 Å². The van der Waals surface area contributed by atoms with Crippen molar-refractivity contribution in [1.29, 1.82) is 0 Å². The lowest BCUT2D eigenvalue weighted by Crippen LogP contribution is -2.02. The van der Waals surface area contributed by atoms with E-state index < -0.39 is 0 Å². The Bertz CT molecular complexity index is 955. The lowest BCUT2D eigenvalue weighted by atomic mass is 10.1. The number of hydrogen-bond donors (Lipinski definition) is 0. The summed E-state index contributed by atoms with van der Waals surface area (Å²) in [6.45, 7) is 6.29. The number of fused-ring (bicyclic) bond motifs is 3. The van der Waals surface area contributed by atoms with Crippen LogP contribution in [0.15, 0.2) is 42.6 Å². The third kappa shape index (κ3) is 1.62. The van der Waals surface area contributed by atoms with E-state index in [1.807, 2.05) is 35.7 Å². The van der Waals surface area contributed by atoms with Crippen molar-refractivity contribution in [3.8, 4) is 5.69 Å². The number of para-hydroxylation sites is 1. The minimum absolute atomic E-state index is 0.908.